The number of hydrogen-bond acceptors (Lipinski definition) is 3. The van der Waals surface area contributed by atoms with Gasteiger partial charge in [0, 0.05) is 24.1 Å². The molecule has 0 aliphatic rings. The third-order valence-electron chi connectivity index (χ3n) is 3.07. The number of hydrogen-bond donors (Lipinski definition) is 2. The Morgan fingerprint density at radius 1 is 1.00 bits per heavy atom. The highest BCUT2D eigenvalue weighted by atomic mass is 32.2. The van der Waals surface area contributed by atoms with Crippen LogP contribution in [0.15, 0.2) is 48.5 Å². The van der Waals surface area contributed by atoms with E-state index in [9.17, 15) is 9.59 Å². The van der Waals surface area contributed by atoms with Crippen LogP contribution in [0.25, 0.3) is 0 Å². The smallest absolute Gasteiger partial charge is 0.234 e. The normalized spacial score (nSPS) is 10.2. The number of carbonyl (C=O) groups excluding carboxylic acids is 2. The van der Waals surface area contributed by atoms with Crippen LogP contribution in [-0.2, 0) is 15.3 Å². The number of aryl methyl sites for hydroxylation is 1. The number of thioether (sulfide) groups is 1. The lowest BCUT2D eigenvalue weighted by molar-refractivity contribution is -0.114. The first-order valence-electron chi connectivity index (χ1n) is 7.34. The molecule has 23 heavy (non-hydrogen) atoms. The minimum Gasteiger partial charge on any atom is -0.326 e. The second-order valence-corrected chi connectivity index (χ2v) is 6.27. The standard InChI is InChI=1S/C18H20N2O2S/c1-13-4-3-5-15(10-13)11-23-12-18(22)20-17-8-6-16(7-9-17)19-14(2)21/h3-10H,11-12H2,1-2H3,(H,19,21)(H,20,22). The molecule has 120 valence electrons. The van der Waals surface area contributed by atoms with Gasteiger partial charge in [0.05, 0.1) is 5.75 Å². The average Bonchev–Trinajstić information content (AvgIpc) is 2.49. The van der Waals surface area contributed by atoms with Crippen LogP contribution in [0.2, 0.25) is 0 Å². The van der Waals surface area contributed by atoms with Crippen LogP contribution in [0.1, 0.15) is 18.1 Å². The molecule has 0 heterocycles. The van der Waals surface area contributed by atoms with Gasteiger partial charge in [0.15, 0.2) is 0 Å². The number of amides is 2. The van der Waals surface area contributed by atoms with Crippen molar-refractivity contribution in [3.05, 3.63) is 59.7 Å². The Bertz CT molecular complexity index is 684. The molecule has 0 aliphatic carbocycles. The molecule has 4 nitrogen and oxygen atoms in total. The quantitative estimate of drug-likeness (QED) is 0.847. The first kappa shape index (κ1) is 17.1. The van der Waals surface area contributed by atoms with E-state index in [2.05, 4.69) is 35.8 Å². The van der Waals surface area contributed by atoms with Crippen molar-refractivity contribution in [2.45, 2.75) is 19.6 Å². The number of carbonyl (C=O) groups is 2. The lowest BCUT2D eigenvalue weighted by Crippen LogP contribution is -2.14. The van der Waals surface area contributed by atoms with Crippen LogP contribution < -0.4 is 10.6 Å². The van der Waals surface area contributed by atoms with Gasteiger partial charge in [0.1, 0.15) is 0 Å². The molecule has 0 bridgehead atoms. The molecule has 5 heteroatoms. The molecule has 0 aliphatic heterocycles. The minimum absolute atomic E-state index is 0.0325. The molecule has 0 unspecified atom stereocenters. The molecule has 2 amide bonds. The summed E-state index contributed by atoms with van der Waals surface area (Å²) in [5, 5.41) is 5.53. The fourth-order valence-electron chi connectivity index (χ4n) is 2.10. The Morgan fingerprint density at radius 3 is 2.26 bits per heavy atom. The lowest BCUT2D eigenvalue weighted by Gasteiger charge is -2.07. The van der Waals surface area contributed by atoms with Crippen molar-refractivity contribution in [2.24, 2.45) is 0 Å². The maximum atomic E-state index is 11.9. The molecular formula is C18H20N2O2S. The highest BCUT2D eigenvalue weighted by Crippen LogP contribution is 2.16. The second-order valence-electron chi connectivity index (χ2n) is 5.29. The lowest BCUT2D eigenvalue weighted by atomic mass is 10.2. The zero-order valence-corrected chi connectivity index (χ0v) is 14.1. The van der Waals surface area contributed by atoms with Gasteiger partial charge < -0.3 is 10.6 Å². The first-order chi connectivity index (χ1) is 11.0. The Hall–Kier alpha value is -2.27. The molecule has 2 aromatic carbocycles. The molecule has 2 rings (SSSR count). The second kappa shape index (κ2) is 8.39. The van der Waals surface area contributed by atoms with Crippen LogP contribution >= 0.6 is 11.8 Å². The van der Waals surface area contributed by atoms with E-state index in [1.165, 1.54) is 18.1 Å². The summed E-state index contributed by atoms with van der Waals surface area (Å²) >= 11 is 1.58. The number of anilines is 2. The fourth-order valence-corrected chi connectivity index (χ4v) is 2.88. The highest BCUT2D eigenvalue weighted by molar-refractivity contribution is 7.99. The number of benzene rings is 2. The summed E-state index contributed by atoms with van der Waals surface area (Å²) in [5.74, 6) is 1.07. The summed E-state index contributed by atoms with van der Waals surface area (Å²) in [6.07, 6.45) is 0. The number of rotatable bonds is 6. The molecule has 0 fully saturated rings. The van der Waals surface area contributed by atoms with E-state index in [1.54, 1.807) is 36.0 Å². The summed E-state index contributed by atoms with van der Waals surface area (Å²) in [6, 6.07) is 15.4. The van der Waals surface area contributed by atoms with Gasteiger partial charge in [-0.2, -0.15) is 0 Å². The Kier molecular flexibility index (Phi) is 6.23. The van der Waals surface area contributed by atoms with Gasteiger partial charge in [-0.05, 0) is 36.8 Å². The SMILES string of the molecule is CC(=O)Nc1ccc(NC(=O)CSCc2cccc(C)c2)cc1. The van der Waals surface area contributed by atoms with E-state index < -0.39 is 0 Å². The molecule has 0 spiro atoms. The monoisotopic (exact) mass is 328 g/mol. The van der Waals surface area contributed by atoms with Gasteiger partial charge in [-0.1, -0.05) is 29.8 Å². The predicted octanol–water partition coefficient (Wildman–Crippen LogP) is 3.83. The molecule has 0 saturated heterocycles. The van der Waals surface area contributed by atoms with E-state index in [0.717, 1.165) is 11.4 Å². The van der Waals surface area contributed by atoms with E-state index in [0.29, 0.717) is 11.4 Å². The maximum Gasteiger partial charge on any atom is 0.234 e. The van der Waals surface area contributed by atoms with Gasteiger partial charge in [0.2, 0.25) is 11.8 Å². The Labute approximate surface area is 140 Å². The predicted molar refractivity (Wildman–Crippen MR) is 96.7 cm³/mol. The molecule has 0 radical (unpaired) electrons. The maximum absolute atomic E-state index is 11.9. The van der Waals surface area contributed by atoms with Crippen molar-refractivity contribution in [2.75, 3.05) is 16.4 Å². The molecule has 0 saturated carbocycles. The van der Waals surface area contributed by atoms with Crippen LogP contribution in [0.5, 0.6) is 0 Å². The van der Waals surface area contributed by atoms with Crippen molar-refractivity contribution in [1.82, 2.24) is 0 Å². The first-order valence-corrected chi connectivity index (χ1v) is 8.49. The Morgan fingerprint density at radius 2 is 1.65 bits per heavy atom. The Balaban J connectivity index is 1.77. The molecular weight excluding hydrogens is 308 g/mol. The van der Waals surface area contributed by atoms with E-state index in [-0.39, 0.29) is 11.8 Å². The summed E-state index contributed by atoms with van der Waals surface area (Å²) in [5.41, 5.74) is 3.89. The van der Waals surface area contributed by atoms with Crippen molar-refractivity contribution in [3.63, 3.8) is 0 Å². The van der Waals surface area contributed by atoms with Crippen LogP contribution in [-0.4, -0.2) is 17.6 Å². The molecule has 2 aromatic rings. The zero-order chi connectivity index (χ0) is 16.7. The van der Waals surface area contributed by atoms with Crippen LogP contribution in [0.3, 0.4) is 0 Å². The van der Waals surface area contributed by atoms with Crippen molar-refractivity contribution >= 4 is 35.0 Å². The molecule has 0 atom stereocenters. The van der Waals surface area contributed by atoms with E-state index in [1.807, 2.05) is 6.07 Å². The van der Waals surface area contributed by atoms with Crippen molar-refractivity contribution < 1.29 is 9.59 Å². The minimum atomic E-state index is -0.116. The molecule has 2 N–H and O–H groups in total. The highest BCUT2D eigenvalue weighted by Gasteiger charge is 2.04. The topological polar surface area (TPSA) is 58.2 Å². The number of nitrogens with one attached hydrogen (secondary N) is 2. The van der Waals surface area contributed by atoms with Crippen LogP contribution in [0, 0.1) is 6.92 Å². The zero-order valence-electron chi connectivity index (χ0n) is 13.3. The third-order valence-corrected chi connectivity index (χ3v) is 4.08. The fraction of sp³-hybridized carbons (Fsp3) is 0.222. The summed E-state index contributed by atoms with van der Waals surface area (Å²) in [7, 11) is 0. The van der Waals surface area contributed by atoms with E-state index >= 15 is 0 Å². The molecule has 0 aromatic heterocycles. The summed E-state index contributed by atoms with van der Waals surface area (Å²) in [4.78, 5) is 22.9. The summed E-state index contributed by atoms with van der Waals surface area (Å²) in [6.45, 7) is 3.52. The summed E-state index contributed by atoms with van der Waals surface area (Å²) < 4.78 is 0. The van der Waals surface area contributed by atoms with Gasteiger partial charge in [0.25, 0.3) is 0 Å². The van der Waals surface area contributed by atoms with Crippen molar-refractivity contribution in [1.29, 1.82) is 0 Å². The third kappa shape index (κ3) is 6.16. The van der Waals surface area contributed by atoms with E-state index in [4.69, 9.17) is 0 Å². The van der Waals surface area contributed by atoms with Gasteiger partial charge in [-0.25, -0.2) is 0 Å². The van der Waals surface area contributed by atoms with Crippen LogP contribution in [0.4, 0.5) is 11.4 Å². The van der Waals surface area contributed by atoms with Gasteiger partial charge >= 0.3 is 0 Å². The van der Waals surface area contributed by atoms with Crippen molar-refractivity contribution in [3.8, 4) is 0 Å². The average molecular weight is 328 g/mol. The van der Waals surface area contributed by atoms with Gasteiger partial charge in [-0.15, -0.1) is 11.8 Å². The largest absolute Gasteiger partial charge is 0.326 e. The van der Waals surface area contributed by atoms with Gasteiger partial charge in [-0.3, -0.25) is 9.59 Å².